The van der Waals surface area contributed by atoms with Gasteiger partial charge in [0.25, 0.3) is 0 Å². The fourth-order valence-electron chi connectivity index (χ4n) is 4.89. The largest absolute Gasteiger partial charge is 0.381 e. The highest BCUT2D eigenvalue weighted by Gasteiger charge is 2.45. The molecule has 3 aliphatic rings. The van der Waals surface area contributed by atoms with Gasteiger partial charge < -0.3 is 14.5 Å². The van der Waals surface area contributed by atoms with Gasteiger partial charge in [-0.25, -0.2) is 0 Å². The molecule has 0 unspecified atom stereocenters. The highest BCUT2D eigenvalue weighted by molar-refractivity contribution is 7.99. The minimum absolute atomic E-state index is 0.339. The molecule has 0 saturated carbocycles. The summed E-state index contributed by atoms with van der Waals surface area (Å²) in [4.78, 5) is 18.9. The average Bonchev–Trinajstić information content (AvgIpc) is 3.13. The highest BCUT2D eigenvalue weighted by Crippen LogP contribution is 2.38. The van der Waals surface area contributed by atoms with Crippen LogP contribution in [0.3, 0.4) is 0 Å². The molecule has 3 fully saturated rings. The maximum absolute atomic E-state index is 14.1. The Balaban J connectivity index is 1.61. The van der Waals surface area contributed by atoms with Crippen LogP contribution in [0.15, 0.2) is 30.3 Å². The van der Waals surface area contributed by atoms with Gasteiger partial charge in [-0.1, -0.05) is 30.3 Å². The van der Waals surface area contributed by atoms with E-state index in [2.05, 4.69) is 34.1 Å². The quantitative estimate of drug-likeness (QED) is 0.793. The van der Waals surface area contributed by atoms with Crippen molar-refractivity contribution in [3.05, 3.63) is 35.9 Å². The van der Waals surface area contributed by atoms with E-state index in [1.54, 1.807) is 0 Å². The molecule has 0 N–H and O–H groups in total. The summed E-state index contributed by atoms with van der Waals surface area (Å²) in [6.45, 7) is 5.70. The molecular formula is C22H32N2O2S. The summed E-state index contributed by atoms with van der Waals surface area (Å²) in [5.41, 5.74) is 0.771. The molecule has 3 aliphatic heterocycles. The van der Waals surface area contributed by atoms with Crippen LogP contribution in [-0.2, 0) is 14.9 Å². The van der Waals surface area contributed by atoms with Gasteiger partial charge in [-0.05, 0) is 56.5 Å². The lowest BCUT2D eigenvalue weighted by Gasteiger charge is -2.43. The smallest absolute Gasteiger partial charge is 0.233 e. The van der Waals surface area contributed by atoms with Gasteiger partial charge in [-0.15, -0.1) is 0 Å². The van der Waals surface area contributed by atoms with Gasteiger partial charge in [-0.3, -0.25) is 4.79 Å². The number of ether oxygens (including phenoxy) is 1. The predicted molar refractivity (Wildman–Crippen MR) is 111 cm³/mol. The van der Waals surface area contributed by atoms with Crippen LogP contribution in [-0.4, -0.2) is 72.6 Å². The van der Waals surface area contributed by atoms with Crippen LogP contribution in [0.25, 0.3) is 0 Å². The molecule has 1 aromatic carbocycles. The second-order valence-corrected chi connectivity index (χ2v) is 9.30. The van der Waals surface area contributed by atoms with Crippen LogP contribution in [0.1, 0.15) is 37.7 Å². The second kappa shape index (κ2) is 8.97. The average molecular weight is 389 g/mol. The van der Waals surface area contributed by atoms with Crippen molar-refractivity contribution in [2.45, 2.75) is 43.6 Å². The fourth-order valence-corrected chi connectivity index (χ4v) is 5.95. The SMILES string of the molecule is O=C(N1CCCSC[C@@H]1CN1CCCC1)C1(c2ccccc2)CCOCC1. The van der Waals surface area contributed by atoms with Crippen molar-refractivity contribution in [3.8, 4) is 0 Å². The van der Waals surface area contributed by atoms with Crippen molar-refractivity contribution in [1.29, 1.82) is 0 Å². The highest BCUT2D eigenvalue weighted by atomic mass is 32.2. The Morgan fingerprint density at radius 2 is 1.81 bits per heavy atom. The Labute approximate surface area is 167 Å². The van der Waals surface area contributed by atoms with Crippen LogP contribution in [0.2, 0.25) is 0 Å². The van der Waals surface area contributed by atoms with E-state index in [1.807, 2.05) is 17.8 Å². The van der Waals surface area contributed by atoms with E-state index >= 15 is 0 Å². The second-order valence-electron chi connectivity index (χ2n) is 8.15. The maximum atomic E-state index is 14.1. The zero-order chi connectivity index (χ0) is 18.5. The zero-order valence-corrected chi connectivity index (χ0v) is 17.1. The number of nitrogens with zero attached hydrogens (tertiary/aromatic N) is 2. The molecule has 3 saturated heterocycles. The van der Waals surface area contributed by atoms with E-state index < -0.39 is 5.41 Å². The molecule has 4 nitrogen and oxygen atoms in total. The minimum Gasteiger partial charge on any atom is -0.381 e. The molecule has 3 heterocycles. The van der Waals surface area contributed by atoms with E-state index in [4.69, 9.17) is 4.74 Å². The Morgan fingerprint density at radius 3 is 2.56 bits per heavy atom. The van der Waals surface area contributed by atoms with E-state index in [-0.39, 0.29) is 0 Å². The molecule has 0 spiro atoms. The summed E-state index contributed by atoms with van der Waals surface area (Å²) in [6, 6.07) is 10.8. The van der Waals surface area contributed by atoms with Crippen molar-refractivity contribution in [1.82, 2.24) is 9.80 Å². The normalized spacial score (nSPS) is 26.7. The van der Waals surface area contributed by atoms with Crippen LogP contribution in [0.5, 0.6) is 0 Å². The van der Waals surface area contributed by atoms with Gasteiger partial charge in [0.2, 0.25) is 5.91 Å². The lowest BCUT2D eigenvalue weighted by atomic mass is 9.72. The maximum Gasteiger partial charge on any atom is 0.233 e. The zero-order valence-electron chi connectivity index (χ0n) is 16.3. The Morgan fingerprint density at radius 1 is 1.07 bits per heavy atom. The summed E-state index contributed by atoms with van der Waals surface area (Å²) in [5, 5.41) is 0. The van der Waals surface area contributed by atoms with Crippen LogP contribution < -0.4 is 0 Å². The van der Waals surface area contributed by atoms with Crippen LogP contribution >= 0.6 is 11.8 Å². The molecule has 0 radical (unpaired) electrons. The van der Waals surface area contributed by atoms with Gasteiger partial charge in [0.15, 0.2) is 0 Å². The minimum atomic E-state index is -0.405. The molecular weight excluding hydrogens is 356 g/mol. The summed E-state index contributed by atoms with van der Waals surface area (Å²) >= 11 is 2.02. The van der Waals surface area contributed by atoms with Crippen LogP contribution in [0.4, 0.5) is 0 Å². The summed E-state index contributed by atoms with van der Waals surface area (Å²) < 4.78 is 5.66. The number of carbonyl (C=O) groups excluding carboxylic acids is 1. The molecule has 5 heteroatoms. The van der Waals surface area contributed by atoms with Crippen molar-refractivity contribution in [3.63, 3.8) is 0 Å². The summed E-state index contributed by atoms with van der Waals surface area (Å²) in [6.07, 6.45) is 5.32. The predicted octanol–water partition coefficient (Wildman–Crippen LogP) is 3.16. The van der Waals surface area contributed by atoms with E-state index in [0.29, 0.717) is 25.2 Å². The molecule has 27 heavy (non-hydrogen) atoms. The van der Waals surface area contributed by atoms with E-state index in [9.17, 15) is 4.79 Å². The Kier molecular flexibility index (Phi) is 6.41. The first kappa shape index (κ1) is 19.3. The standard InChI is InChI=1S/C22H32N2O2S/c25-21(22(9-14-26-15-10-22)19-7-2-1-3-8-19)24-13-6-16-27-18-20(24)17-23-11-4-5-12-23/h1-3,7-8,20H,4-6,9-18H2/t20-/m0/s1. The summed E-state index contributed by atoms with van der Waals surface area (Å²) in [5.74, 6) is 2.59. The number of hydrogen-bond donors (Lipinski definition) is 0. The number of thioether (sulfide) groups is 1. The van der Waals surface area contributed by atoms with Gasteiger partial charge >= 0.3 is 0 Å². The number of rotatable bonds is 4. The third-order valence-corrected chi connectivity index (χ3v) is 7.65. The first-order chi connectivity index (χ1) is 13.3. The lowest BCUT2D eigenvalue weighted by Crippen LogP contribution is -2.56. The number of hydrogen-bond acceptors (Lipinski definition) is 4. The van der Waals surface area contributed by atoms with Gasteiger partial charge in [-0.2, -0.15) is 11.8 Å². The van der Waals surface area contributed by atoms with Gasteiger partial charge in [0.05, 0.1) is 11.5 Å². The molecule has 0 aromatic heterocycles. The molecule has 1 amide bonds. The number of carbonyl (C=O) groups is 1. The van der Waals surface area contributed by atoms with E-state index in [1.165, 1.54) is 37.2 Å². The van der Waals surface area contributed by atoms with Crippen LogP contribution in [0, 0.1) is 0 Å². The third-order valence-electron chi connectivity index (χ3n) is 6.45. The Bertz CT molecular complexity index is 612. The van der Waals surface area contributed by atoms with Crippen molar-refractivity contribution >= 4 is 17.7 Å². The molecule has 1 atom stereocenters. The van der Waals surface area contributed by atoms with Crippen molar-refractivity contribution < 1.29 is 9.53 Å². The third kappa shape index (κ3) is 4.20. The lowest BCUT2D eigenvalue weighted by molar-refractivity contribution is -0.143. The monoisotopic (exact) mass is 388 g/mol. The topological polar surface area (TPSA) is 32.8 Å². The fraction of sp³-hybridized carbons (Fsp3) is 0.682. The first-order valence-corrected chi connectivity index (χ1v) is 11.7. The molecule has 0 aliphatic carbocycles. The number of likely N-dealkylation sites (tertiary alicyclic amines) is 1. The number of benzene rings is 1. The molecule has 4 rings (SSSR count). The molecule has 148 valence electrons. The molecule has 0 bridgehead atoms. The molecule has 1 aromatic rings. The van der Waals surface area contributed by atoms with Crippen molar-refractivity contribution in [2.75, 3.05) is 50.9 Å². The first-order valence-electron chi connectivity index (χ1n) is 10.5. The number of amides is 1. The van der Waals surface area contributed by atoms with E-state index in [0.717, 1.165) is 38.1 Å². The van der Waals surface area contributed by atoms with Crippen molar-refractivity contribution in [2.24, 2.45) is 0 Å². The summed E-state index contributed by atoms with van der Waals surface area (Å²) in [7, 11) is 0. The Hall–Kier alpha value is -1.04. The van der Waals surface area contributed by atoms with Gasteiger partial charge in [0.1, 0.15) is 0 Å². The van der Waals surface area contributed by atoms with Gasteiger partial charge in [0, 0.05) is 32.1 Å².